The minimum atomic E-state index is -0.139. The highest BCUT2D eigenvalue weighted by molar-refractivity contribution is 7.98. The third-order valence-electron chi connectivity index (χ3n) is 4.57. The summed E-state index contributed by atoms with van der Waals surface area (Å²) in [6, 6.07) is 22.8. The summed E-state index contributed by atoms with van der Waals surface area (Å²) in [5.41, 5.74) is 3.46. The highest BCUT2D eigenvalue weighted by Gasteiger charge is 2.07. The quantitative estimate of drug-likeness (QED) is 0.419. The molecule has 2 aromatic carbocycles. The Morgan fingerprint density at radius 1 is 1.13 bits per heavy atom. The molecule has 0 atom stereocenters. The van der Waals surface area contributed by atoms with Crippen LogP contribution in [0.4, 0.5) is 0 Å². The van der Waals surface area contributed by atoms with Crippen LogP contribution in [0.25, 0.3) is 5.65 Å². The SMILES string of the molecule is N#CCOc1cccc(CNC(=O)c2ccc(SCc3cn4ccccc4n3)cc2)c1. The summed E-state index contributed by atoms with van der Waals surface area (Å²) in [5, 5.41) is 11.5. The van der Waals surface area contributed by atoms with Crippen LogP contribution in [0.1, 0.15) is 21.6 Å². The van der Waals surface area contributed by atoms with Crippen LogP contribution < -0.4 is 10.1 Å². The molecule has 0 saturated heterocycles. The highest BCUT2D eigenvalue weighted by Crippen LogP contribution is 2.23. The van der Waals surface area contributed by atoms with E-state index in [1.54, 1.807) is 17.8 Å². The zero-order chi connectivity index (χ0) is 21.5. The summed E-state index contributed by atoms with van der Waals surface area (Å²) >= 11 is 1.68. The van der Waals surface area contributed by atoms with Gasteiger partial charge in [-0.25, -0.2) is 4.98 Å². The maximum atomic E-state index is 12.5. The van der Waals surface area contributed by atoms with Crippen LogP contribution in [-0.4, -0.2) is 21.9 Å². The predicted molar refractivity (Wildman–Crippen MR) is 120 cm³/mol. The van der Waals surface area contributed by atoms with Crippen LogP contribution in [0.2, 0.25) is 0 Å². The lowest BCUT2D eigenvalue weighted by Crippen LogP contribution is -2.22. The molecule has 31 heavy (non-hydrogen) atoms. The molecular weight excluding hydrogens is 408 g/mol. The summed E-state index contributed by atoms with van der Waals surface area (Å²) in [6.45, 7) is 0.379. The lowest BCUT2D eigenvalue weighted by Gasteiger charge is -2.08. The Hall–Kier alpha value is -3.76. The molecule has 0 fully saturated rings. The van der Waals surface area contributed by atoms with E-state index < -0.39 is 0 Å². The number of rotatable bonds is 8. The van der Waals surface area contributed by atoms with Gasteiger partial charge in [-0.1, -0.05) is 18.2 Å². The molecular formula is C24H20N4O2S. The molecule has 0 aliphatic heterocycles. The average molecular weight is 429 g/mol. The molecule has 4 rings (SSSR count). The van der Waals surface area contributed by atoms with Crippen LogP contribution in [0.15, 0.2) is 84.0 Å². The molecule has 154 valence electrons. The topological polar surface area (TPSA) is 79.4 Å². The Bertz CT molecular complexity index is 1200. The Kier molecular flexibility index (Phi) is 6.50. The van der Waals surface area contributed by atoms with E-state index in [1.807, 2.05) is 83.5 Å². The first-order valence-corrected chi connectivity index (χ1v) is 10.7. The van der Waals surface area contributed by atoms with Gasteiger partial charge in [0.05, 0.1) is 5.69 Å². The number of hydrogen-bond acceptors (Lipinski definition) is 5. The van der Waals surface area contributed by atoms with Crippen molar-refractivity contribution in [3.05, 3.63) is 95.9 Å². The number of nitriles is 1. The molecule has 4 aromatic rings. The lowest BCUT2D eigenvalue weighted by atomic mass is 10.2. The number of thioether (sulfide) groups is 1. The zero-order valence-electron chi connectivity index (χ0n) is 16.7. The van der Waals surface area contributed by atoms with Crippen LogP contribution in [0, 0.1) is 11.3 Å². The first-order valence-electron chi connectivity index (χ1n) is 9.73. The molecule has 0 spiro atoms. The number of ether oxygens (including phenoxy) is 1. The third-order valence-corrected chi connectivity index (χ3v) is 5.62. The van der Waals surface area contributed by atoms with Gasteiger partial charge in [0, 0.05) is 35.2 Å². The van der Waals surface area contributed by atoms with Crippen LogP contribution in [0.3, 0.4) is 0 Å². The van der Waals surface area contributed by atoms with Crippen molar-refractivity contribution in [1.29, 1.82) is 5.26 Å². The number of fused-ring (bicyclic) bond motifs is 1. The average Bonchev–Trinajstić information content (AvgIpc) is 3.23. The molecule has 0 saturated carbocycles. The predicted octanol–water partition coefficient (Wildman–Crippen LogP) is 4.46. The first kappa shape index (κ1) is 20.5. The minimum Gasteiger partial charge on any atom is -0.479 e. The van der Waals surface area contributed by atoms with Crippen molar-refractivity contribution in [2.75, 3.05) is 6.61 Å². The van der Waals surface area contributed by atoms with Gasteiger partial charge in [-0.05, 0) is 54.1 Å². The summed E-state index contributed by atoms with van der Waals surface area (Å²) < 4.78 is 7.30. The van der Waals surface area contributed by atoms with Crippen molar-refractivity contribution in [2.24, 2.45) is 0 Å². The van der Waals surface area contributed by atoms with Crippen molar-refractivity contribution >= 4 is 23.3 Å². The smallest absolute Gasteiger partial charge is 0.251 e. The number of carbonyl (C=O) groups excluding carboxylic acids is 1. The van der Waals surface area contributed by atoms with Crippen LogP contribution >= 0.6 is 11.8 Å². The Morgan fingerprint density at radius 2 is 2.00 bits per heavy atom. The number of hydrogen-bond donors (Lipinski definition) is 1. The monoisotopic (exact) mass is 428 g/mol. The van der Waals surface area contributed by atoms with Gasteiger partial charge in [0.25, 0.3) is 5.91 Å². The van der Waals surface area contributed by atoms with Gasteiger partial charge >= 0.3 is 0 Å². The van der Waals surface area contributed by atoms with Gasteiger partial charge in [-0.15, -0.1) is 11.8 Å². The second-order valence-corrected chi connectivity index (χ2v) is 7.84. The maximum Gasteiger partial charge on any atom is 0.251 e. The molecule has 0 aliphatic rings. The third kappa shape index (κ3) is 5.44. The maximum absolute atomic E-state index is 12.5. The van der Waals surface area contributed by atoms with E-state index in [2.05, 4.69) is 10.3 Å². The Balaban J connectivity index is 1.30. The minimum absolute atomic E-state index is 0.00266. The molecule has 2 aromatic heterocycles. The van der Waals surface area contributed by atoms with E-state index in [1.165, 1.54) is 0 Å². The molecule has 6 nitrogen and oxygen atoms in total. The fourth-order valence-electron chi connectivity index (χ4n) is 3.06. The molecule has 0 aliphatic carbocycles. The molecule has 1 amide bonds. The lowest BCUT2D eigenvalue weighted by molar-refractivity contribution is 0.0951. The van der Waals surface area contributed by atoms with Gasteiger partial charge in [0.1, 0.15) is 17.5 Å². The fourth-order valence-corrected chi connectivity index (χ4v) is 3.84. The number of imidazole rings is 1. The van der Waals surface area contributed by atoms with E-state index >= 15 is 0 Å². The van der Waals surface area contributed by atoms with Crippen molar-refractivity contribution < 1.29 is 9.53 Å². The molecule has 1 N–H and O–H groups in total. The fraction of sp³-hybridized carbons (Fsp3) is 0.125. The van der Waals surface area contributed by atoms with E-state index in [9.17, 15) is 4.79 Å². The molecule has 7 heteroatoms. The summed E-state index contributed by atoms with van der Waals surface area (Å²) in [7, 11) is 0. The van der Waals surface area contributed by atoms with E-state index in [0.717, 1.165) is 27.6 Å². The summed E-state index contributed by atoms with van der Waals surface area (Å²) in [6.07, 6.45) is 4.02. The van der Waals surface area contributed by atoms with Gasteiger partial charge in [-0.3, -0.25) is 4.79 Å². The normalized spacial score (nSPS) is 10.5. The van der Waals surface area contributed by atoms with Crippen molar-refractivity contribution in [2.45, 2.75) is 17.2 Å². The molecule has 2 heterocycles. The van der Waals surface area contributed by atoms with Crippen molar-refractivity contribution in [3.8, 4) is 11.8 Å². The number of benzene rings is 2. The van der Waals surface area contributed by atoms with E-state index in [4.69, 9.17) is 10.00 Å². The number of amides is 1. The standard InChI is InChI=1S/C24H20N4O2S/c25-11-13-30-21-5-3-4-18(14-21)15-26-24(29)19-7-9-22(10-8-19)31-17-20-16-28-12-2-1-6-23(28)27-20/h1-10,12,14,16H,13,15,17H2,(H,26,29). The zero-order valence-corrected chi connectivity index (χ0v) is 17.5. The summed E-state index contributed by atoms with van der Waals surface area (Å²) in [5.74, 6) is 1.23. The largest absolute Gasteiger partial charge is 0.479 e. The number of carbonyl (C=O) groups is 1. The number of nitrogens with one attached hydrogen (secondary N) is 1. The summed E-state index contributed by atoms with van der Waals surface area (Å²) in [4.78, 5) is 18.1. The van der Waals surface area contributed by atoms with E-state index in [0.29, 0.717) is 17.9 Å². The van der Waals surface area contributed by atoms with Crippen molar-refractivity contribution in [1.82, 2.24) is 14.7 Å². The number of pyridine rings is 1. The van der Waals surface area contributed by atoms with Crippen LogP contribution in [-0.2, 0) is 12.3 Å². The van der Waals surface area contributed by atoms with Gasteiger partial charge in [0.2, 0.25) is 0 Å². The van der Waals surface area contributed by atoms with E-state index in [-0.39, 0.29) is 12.5 Å². The van der Waals surface area contributed by atoms with Crippen molar-refractivity contribution in [3.63, 3.8) is 0 Å². The van der Waals surface area contributed by atoms with Crippen LogP contribution in [0.5, 0.6) is 5.75 Å². The number of aromatic nitrogens is 2. The van der Waals surface area contributed by atoms with Gasteiger partial charge < -0.3 is 14.5 Å². The Labute approximate surface area is 184 Å². The Morgan fingerprint density at radius 3 is 2.81 bits per heavy atom. The molecule has 0 bridgehead atoms. The van der Waals surface area contributed by atoms with Gasteiger partial charge in [0.15, 0.2) is 6.61 Å². The second-order valence-electron chi connectivity index (χ2n) is 6.79. The molecule has 0 unspecified atom stereocenters. The second kappa shape index (κ2) is 9.83. The van der Waals surface area contributed by atoms with Gasteiger partial charge in [-0.2, -0.15) is 5.26 Å². The first-order chi connectivity index (χ1) is 15.2. The number of nitrogens with zero attached hydrogens (tertiary/aromatic N) is 3. The highest BCUT2D eigenvalue weighted by atomic mass is 32.2. The molecule has 0 radical (unpaired) electrons.